The minimum atomic E-state index is -0.603. The number of hydroxylamine groups is 1. The van der Waals surface area contributed by atoms with Crippen molar-refractivity contribution in [3.8, 4) is 0 Å². The van der Waals surface area contributed by atoms with Crippen molar-refractivity contribution in [1.82, 2.24) is 15.4 Å². The van der Waals surface area contributed by atoms with E-state index in [-0.39, 0.29) is 5.69 Å². The molecule has 0 radical (unpaired) electrons. The van der Waals surface area contributed by atoms with Gasteiger partial charge in [0.15, 0.2) is 0 Å². The molecule has 0 atom stereocenters. The van der Waals surface area contributed by atoms with Crippen molar-refractivity contribution in [2.45, 2.75) is 19.9 Å². The van der Waals surface area contributed by atoms with Gasteiger partial charge in [0.2, 0.25) is 0 Å². The van der Waals surface area contributed by atoms with Gasteiger partial charge in [0, 0.05) is 26.2 Å². The molecule has 0 aliphatic rings. The first-order valence-electron chi connectivity index (χ1n) is 6.27. The lowest BCUT2D eigenvalue weighted by molar-refractivity contribution is 0.0701. The molecule has 0 aromatic carbocycles. The maximum Gasteiger partial charge on any atom is 0.293 e. The van der Waals surface area contributed by atoms with Gasteiger partial charge in [0.25, 0.3) is 5.91 Å². The number of carbonyl (C=O) groups is 1. The van der Waals surface area contributed by atoms with Crippen LogP contribution in [-0.4, -0.2) is 54.2 Å². The van der Waals surface area contributed by atoms with E-state index in [9.17, 15) is 4.79 Å². The van der Waals surface area contributed by atoms with E-state index in [2.05, 4.69) is 35.7 Å². The summed E-state index contributed by atoms with van der Waals surface area (Å²) in [6.45, 7) is 6.14. The molecular formula is C13H22N4O2. The van der Waals surface area contributed by atoms with E-state index in [1.165, 1.54) is 0 Å². The van der Waals surface area contributed by atoms with Gasteiger partial charge in [-0.25, -0.2) is 10.5 Å². The largest absolute Gasteiger partial charge is 0.372 e. The van der Waals surface area contributed by atoms with Crippen LogP contribution in [-0.2, 0) is 0 Å². The van der Waals surface area contributed by atoms with Crippen LogP contribution in [0.2, 0.25) is 0 Å². The first kappa shape index (κ1) is 15.4. The fourth-order valence-electron chi connectivity index (χ4n) is 1.50. The number of nitrogens with zero attached hydrogens (tertiary/aromatic N) is 3. The molecule has 19 heavy (non-hydrogen) atoms. The molecule has 2 N–H and O–H groups in total. The summed E-state index contributed by atoms with van der Waals surface area (Å²) in [6.07, 6.45) is 1.62. The zero-order chi connectivity index (χ0) is 14.4. The summed E-state index contributed by atoms with van der Waals surface area (Å²) < 4.78 is 0. The lowest BCUT2D eigenvalue weighted by Gasteiger charge is -2.25. The summed E-state index contributed by atoms with van der Waals surface area (Å²) in [5, 5.41) is 8.51. The van der Waals surface area contributed by atoms with Gasteiger partial charge in [-0.05, 0) is 33.0 Å². The summed E-state index contributed by atoms with van der Waals surface area (Å²) in [5.74, 6) is -0.603. The molecule has 0 saturated heterocycles. The van der Waals surface area contributed by atoms with Crippen molar-refractivity contribution in [2.75, 3.05) is 32.1 Å². The summed E-state index contributed by atoms with van der Waals surface area (Å²) in [7, 11) is 4.07. The number of amides is 1. The number of hydrogen-bond acceptors (Lipinski definition) is 5. The number of likely N-dealkylation sites (N-methyl/N-ethyl adjacent to an activating group) is 2. The molecule has 0 aliphatic heterocycles. The van der Waals surface area contributed by atoms with Gasteiger partial charge in [0.1, 0.15) is 5.69 Å². The fourth-order valence-corrected chi connectivity index (χ4v) is 1.50. The topological polar surface area (TPSA) is 68.7 Å². The molecular weight excluding hydrogens is 244 g/mol. The summed E-state index contributed by atoms with van der Waals surface area (Å²) in [4.78, 5) is 19.5. The Morgan fingerprint density at radius 3 is 2.53 bits per heavy atom. The van der Waals surface area contributed by atoms with Crippen molar-refractivity contribution in [3.05, 3.63) is 24.0 Å². The lowest BCUT2D eigenvalue weighted by atomic mass is 10.3. The van der Waals surface area contributed by atoms with Gasteiger partial charge >= 0.3 is 0 Å². The Kier molecular flexibility index (Phi) is 5.72. The van der Waals surface area contributed by atoms with E-state index in [4.69, 9.17) is 5.21 Å². The van der Waals surface area contributed by atoms with Crippen LogP contribution in [0.1, 0.15) is 24.3 Å². The van der Waals surface area contributed by atoms with Crippen molar-refractivity contribution in [1.29, 1.82) is 0 Å². The van der Waals surface area contributed by atoms with Crippen LogP contribution in [0.4, 0.5) is 5.69 Å². The van der Waals surface area contributed by atoms with E-state index in [1.54, 1.807) is 17.7 Å². The summed E-state index contributed by atoms with van der Waals surface area (Å²) in [5.41, 5.74) is 2.69. The Morgan fingerprint density at radius 2 is 2.05 bits per heavy atom. The third-order valence-electron chi connectivity index (χ3n) is 3.19. The Hall–Kier alpha value is -1.66. The van der Waals surface area contributed by atoms with Gasteiger partial charge in [-0.3, -0.25) is 10.0 Å². The van der Waals surface area contributed by atoms with Crippen molar-refractivity contribution in [3.63, 3.8) is 0 Å². The Bertz CT molecular complexity index is 406. The Labute approximate surface area is 114 Å². The smallest absolute Gasteiger partial charge is 0.293 e. The molecule has 106 valence electrons. The highest BCUT2D eigenvalue weighted by atomic mass is 16.5. The maximum absolute atomic E-state index is 11.1. The van der Waals surface area contributed by atoms with Gasteiger partial charge in [-0.2, -0.15) is 0 Å². The number of rotatable bonds is 6. The molecule has 0 saturated carbocycles. The van der Waals surface area contributed by atoms with Crippen LogP contribution in [0, 0.1) is 0 Å². The predicted octanol–water partition coefficient (Wildman–Crippen LogP) is 0.977. The third-order valence-corrected chi connectivity index (χ3v) is 3.19. The van der Waals surface area contributed by atoms with Gasteiger partial charge in [-0.1, -0.05) is 0 Å². The highest BCUT2D eigenvalue weighted by molar-refractivity contribution is 5.91. The van der Waals surface area contributed by atoms with E-state index in [0.29, 0.717) is 6.04 Å². The van der Waals surface area contributed by atoms with Gasteiger partial charge in [0.05, 0.1) is 11.9 Å². The predicted molar refractivity (Wildman–Crippen MR) is 74.5 cm³/mol. The first-order chi connectivity index (χ1) is 8.95. The first-order valence-corrected chi connectivity index (χ1v) is 6.27. The molecule has 0 fully saturated rings. The highest BCUT2D eigenvalue weighted by Gasteiger charge is 2.08. The fraction of sp³-hybridized carbons (Fsp3) is 0.538. The number of nitrogens with one attached hydrogen (secondary N) is 1. The van der Waals surface area contributed by atoms with Crippen LogP contribution in [0.25, 0.3) is 0 Å². The number of pyridine rings is 1. The molecule has 1 amide bonds. The standard InChI is InChI=1S/C13H22N4O2/c1-10(2)16(3)7-8-17(4)11-5-6-12(14-9-11)13(18)15-19/h5-6,9-10,19H,7-8H2,1-4H3,(H,15,18). The molecule has 1 rings (SSSR count). The highest BCUT2D eigenvalue weighted by Crippen LogP contribution is 2.11. The van der Waals surface area contributed by atoms with Crippen molar-refractivity contribution >= 4 is 11.6 Å². The van der Waals surface area contributed by atoms with E-state index < -0.39 is 5.91 Å². The van der Waals surface area contributed by atoms with Crippen molar-refractivity contribution in [2.24, 2.45) is 0 Å². The maximum atomic E-state index is 11.1. The number of carbonyl (C=O) groups excluding carboxylic acids is 1. The molecule has 0 spiro atoms. The Morgan fingerprint density at radius 1 is 1.37 bits per heavy atom. The molecule has 6 heteroatoms. The minimum absolute atomic E-state index is 0.193. The summed E-state index contributed by atoms with van der Waals surface area (Å²) in [6, 6.07) is 3.92. The number of anilines is 1. The lowest BCUT2D eigenvalue weighted by Crippen LogP contribution is -2.34. The second-order valence-electron chi connectivity index (χ2n) is 4.84. The zero-order valence-corrected chi connectivity index (χ0v) is 11.9. The monoisotopic (exact) mass is 266 g/mol. The van der Waals surface area contributed by atoms with E-state index >= 15 is 0 Å². The number of aromatic nitrogens is 1. The van der Waals surface area contributed by atoms with Crippen molar-refractivity contribution < 1.29 is 10.0 Å². The van der Waals surface area contributed by atoms with Crippen LogP contribution < -0.4 is 10.4 Å². The quantitative estimate of drug-likeness (QED) is 0.593. The molecule has 1 aromatic rings. The van der Waals surface area contributed by atoms with E-state index in [1.807, 2.05) is 13.1 Å². The van der Waals surface area contributed by atoms with Crippen LogP contribution in [0.3, 0.4) is 0 Å². The van der Waals surface area contributed by atoms with Gasteiger partial charge < -0.3 is 9.80 Å². The van der Waals surface area contributed by atoms with Crippen LogP contribution in [0.15, 0.2) is 18.3 Å². The second kappa shape index (κ2) is 7.06. The molecule has 1 heterocycles. The van der Waals surface area contributed by atoms with Crippen LogP contribution in [0.5, 0.6) is 0 Å². The normalized spacial score (nSPS) is 10.9. The molecule has 0 aliphatic carbocycles. The average molecular weight is 266 g/mol. The van der Waals surface area contributed by atoms with Crippen LogP contribution >= 0.6 is 0 Å². The molecule has 6 nitrogen and oxygen atoms in total. The summed E-state index contributed by atoms with van der Waals surface area (Å²) >= 11 is 0. The Balaban J connectivity index is 2.58. The number of hydrogen-bond donors (Lipinski definition) is 2. The second-order valence-corrected chi connectivity index (χ2v) is 4.84. The molecule has 1 aromatic heterocycles. The SMILES string of the molecule is CC(C)N(C)CCN(C)c1ccc(C(=O)NO)nc1. The molecule has 0 unspecified atom stereocenters. The third kappa shape index (κ3) is 4.50. The average Bonchev–Trinajstić information content (AvgIpc) is 2.43. The minimum Gasteiger partial charge on any atom is -0.372 e. The zero-order valence-electron chi connectivity index (χ0n) is 11.9. The van der Waals surface area contributed by atoms with E-state index in [0.717, 1.165) is 18.8 Å². The van der Waals surface area contributed by atoms with Gasteiger partial charge in [-0.15, -0.1) is 0 Å². The molecule has 0 bridgehead atoms.